The molecule has 0 saturated heterocycles. The number of hydrogen-bond donors (Lipinski definition) is 1. The lowest BCUT2D eigenvalue weighted by molar-refractivity contribution is -0.117. The Morgan fingerprint density at radius 1 is 1.29 bits per heavy atom. The van der Waals surface area contributed by atoms with Crippen LogP contribution in [-0.4, -0.2) is 27.8 Å². The Kier molecular flexibility index (Phi) is 4.99. The summed E-state index contributed by atoms with van der Waals surface area (Å²) in [6, 6.07) is 9.40. The summed E-state index contributed by atoms with van der Waals surface area (Å²) in [7, 11) is 1.55. The number of hydrogen-bond acceptors (Lipinski definition) is 5. The van der Waals surface area contributed by atoms with Crippen LogP contribution in [0.1, 0.15) is 23.6 Å². The highest BCUT2D eigenvalue weighted by molar-refractivity contribution is 9.10. The number of halogens is 2. The van der Waals surface area contributed by atoms with E-state index < -0.39 is 0 Å². The van der Waals surface area contributed by atoms with Gasteiger partial charge in [0.1, 0.15) is 18.8 Å². The van der Waals surface area contributed by atoms with Gasteiger partial charge in [-0.05, 0) is 35.4 Å². The van der Waals surface area contributed by atoms with E-state index in [9.17, 15) is 9.18 Å². The number of nitrogens with zero attached hydrogens (tertiary/aromatic N) is 3. The molecule has 0 aliphatic carbocycles. The molecule has 2 heterocycles. The van der Waals surface area contributed by atoms with Crippen LogP contribution >= 0.6 is 15.9 Å². The smallest absolute Gasteiger partial charge is 0.229 e. The summed E-state index contributed by atoms with van der Waals surface area (Å²) in [5, 5.41) is 6.91. The Hall–Kier alpha value is -2.94. The van der Waals surface area contributed by atoms with Crippen molar-refractivity contribution in [1.29, 1.82) is 0 Å². The molecule has 144 valence electrons. The molecular weight excluding hydrogens is 431 g/mol. The fourth-order valence-corrected chi connectivity index (χ4v) is 3.65. The number of fused-ring (bicyclic) bond motifs is 1. The zero-order chi connectivity index (χ0) is 19.7. The van der Waals surface area contributed by atoms with Gasteiger partial charge in [0.15, 0.2) is 11.5 Å². The second-order valence-corrected chi connectivity index (χ2v) is 7.09. The van der Waals surface area contributed by atoms with Crippen LogP contribution in [-0.2, 0) is 11.4 Å². The SMILES string of the molecule is COc1cc([C@@H]2CC(=O)Nc3ncnn32)c(Br)cc1OCc1ccc(F)cc1. The number of aromatic nitrogens is 3. The molecule has 1 amide bonds. The number of benzene rings is 2. The molecule has 7 nitrogen and oxygen atoms in total. The maximum Gasteiger partial charge on any atom is 0.229 e. The molecule has 0 unspecified atom stereocenters. The fraction of sp³-hybridized carbons (Fsp3) is 0.211. The number of methoxy groups -OCH3 is 1. The summed E-state index contributed by atoms with van der Waals surface area (Å²) in [5.41, 5.74) is 1.66. The van der Waals surface area contributed by atoms with Gasteiger partial charge in [0.05, 0.1) is 19.6 Å². The van der Waals surface area contributed by atoms with E-state index in [-0.39, 0.29) is 30.8 Å². The van der Waals surface area contributed by atoms with Gasteiger partial charge in [-0.15, -0.1) is 0 Å². The molecule has 0 bridgehead atoms. The normalized spacial score (nSPS) is 15.7. The molecule has 0 saturated carbocycles. The molecular formula is C19H16BrFN4O3. The van der Waals surface area contributed by atoms with Crippen LogP contribution in [0.3, 0.4) is 0 Å². The van der Waals surface area contributed by atoms with Gasteiger partial charge in [-0.25, -0.2) is 9.07 Å². The van der Waals surface area contributed by atoms with Crippen molar-refractivity contribution in [3.8, 4) is 11.5 Å². The monoisotopic (exact) mass is 446 g/mol. The van der Waals surface area contributed by atoms with Gasteiger partial charge in [0.25, 0.3) is 0 Å². The topological polar surface area (TPSA) is 78.3 Å². The summed E-state index contributed by atoms with van der Waals surface area (Å²) in [6.07, 6.45) is 1.63. The lowest BCUT2D eigenvalue weighted by Gasteiger charge is -2.25. The maximum absolute atomic E-state index is 13.0. The molecule has 1 N–H and O–H groups in total. The van der Waals surface area contributed by atoms with E-state index in [4.69, 9.17) is 9.47 Å². The average molecular weight is 447 g/mol. The van der Waals surface area contributed by atoms with Crippen molar-refractivity contribution in [2.45, 2.75) is 19.1 Å². The molecule has 4 rings (SSSR count). The molecule has 2 aromatic carbocycles. The number of amides is 1. The maximum atomic E-state index is 13.0. The first kappa shape index (κ1) is 18.4. The average Bonchev–Trinajstić information content (AvgIpc) is 3.15. The van der Waals surface area contributed by atoms with Crippen LogP contribution in [0.4, 0.5) is 10.3 Å². The number of anilines is 1. The molecule has 0 fully saturated rings. The van der Waals surface area contributed by atoms with Crippen LogP contribution < -0.4 is 14.8 Å². The van der Waals surface area contributed by atoms with E-state index in [2.05, 4.69) is 31.3 Å². The number of rotatable bonds is 5. The number of nitrogens with one attached hydrogen (secondary N) is 1. The highest BCUT2D eigenvalue weighted by Crippen LogP contribution is 2.40. The summed E-state index contributed by atoms with van der Waals surface area (Å²) >= 11 is 3.56. The summed E-state index contributed by atoms with van der Waals surface area (Å²) in [6.45, 7) is 0.265. The van der Waals surface area contributed by atoms with E-state index in [1.807, 2.05) is 6.07 Å². The molecule has 28 heavy (non-hydrogen) atoms. The Labute approximate surface area is 168 Å². The van der Waals surface area contributed by atoms with Crippen molar-refractivity contribution in [2.75, 3.05) is 12.4 Å². The third-order valence-electron chi connectivity index (χ3n) is 4.45. The van der Waals surface area contributed by atoms with Crippen LogP contribution in [0.25, 0.3) is 0 Å². The van der Waals surface area contributed by atoms with E-state index >= 15 is 0 Å². The van der Waals surface area contributed by atoms with Gasteiger partial charge in [-0.2, -0.15) is 10.1 Å². The van der Waals surface area contributed by atoms with Gasteiger partial charge in [-0.3, -0.25) is 10.1 Å². The lowest BCUT2D eigenvalue weighted by atomic mass is 10.0. The van der Waals surface area contributed by atoms with Gasteiger partial charge in [0, 0.05) is 4.47 Å². The van der Waals surface area contributed by atoms with Crippen molar-refractivity contribution in [1.82, 2.24) is 14.8 Å². The van der Waals surface area contributed by atoms with Crippen LogP contribution in [0.5, 0.6) is 11.5 Å². The minimum atomic E-state index is -0.319. The zero-order valence-corrected chi connectivity index (χ0v) is 16.4. The third-order valence-corrected chi connectivity index (χ3v) is 5.13. The molecule has 9 heteroatoms. The second-order valence-electron chi connectivity index (χ2n) is 6.24. The van der Waals surface area contributed by atoms with E-state index in [1.54, 1.807) is 30.0 Å². The largest absolute Gasteiger partial charge is 0.493 e. The van der Waals surface area contributed by atoms with Gasteiger partial charge in [0.2, 0.25) is 11.9 Å². The second kappa shape index (κ2) is 7.59. The first-order chi connectivity index (χ1) is 13.5. The van der Waals surface area contributed by atoms with Crippen molar-refractivity contribution in [3.05, 3.63) is 64.1 Å². The first-order valence-corrected chi connectivity index (χ1v) is 9.28. The predicted molar refractivity (Wildman–Crippen MR) is 103 cm³/mol. The highest BCUT2D eigenvalue weighted by Gasteiger charge is 2.30. The number of carbonyl (C=O) groups is 1. The van der Waals surface area contributed by atoms with Crippen LogP contribution in [0.2, 0.25) is 0 Å². The van der Waals surface area contributed by atoms with Crippen molar-refractivity contribution < 1.29 is 18.7 Å². The molecule has 0 spiro atoms. The van der Waals surface area contributed by atoms with Crippen molar-refractivity contribution in [2.24, 2.45) is 0 Å². The number of carbonyl (C=O) groups excluding carboxylic acids is 1. The van der Waals surface area contributed by atoms with Crippen LogP contribution in [0, 0.1) is 5.82 Å². The predicted octanol–water partition coefficient (Wildman–Crippen LogP) is 3.70. The van der Waals surface area contributed by atoms with Crippen molar-refractivity contribution in [3.63, 3.8) is 0 Å². The van der Waals surface area contributed by atoms with Gasteiger partial charge in [-0.1, -0.05) is 28.1 Å². The van der Waals surface area contributed by atoms with E-state index in [0.717, 1.165) is 15.6 Å². The summed E-state index contributed by atoms with van der Waals surface area (Å²) in [5.74, 6) is 1.03. The Morgan fingerprint density at radius 3 is 2.82 bits per heavy atom. The van der Waals surface area contributed by atoms with E-state index in [0.29, 0.717) is 17.4 Å². The minimum Gasteiger partial charge on any atom is -0.493 e. The minimum absolute atomic E-state index is 0.131. The van der Waals surface area contributed by atoms with Gasteiger partial charge >= 0.3 is 0 Å². The Balaban J connectivity index is 1.63. The molecule has 1 aliphatic heterocycles. The zero-order valence-electron chi connectivity index (χ0n) is 14.9. The van der Waals surface area contributed by atoms with E-state index in [1.165, 1.54) is 18.5 Å². The molecule has 1 aliphatic rings. The fourth-order valence-electron chi connectivity index (χ4n) is 3.07. The molecule has 1 atom stereocenters. The summed E-state index contributed by atoms with van der Waals surface area (Å²) < 4.78 is 26.8. The van der Waals surface area contributed by atoms with Gasteiger partial charge < -0.3 is 9.47 Å². The third kappa shape index (κ3) is 3.57. The highest BCUT2D eigenvalue weighted by atomic mass is 79.9. The molecule has 0 radical (unpaired) electrons. The standard InChI is InChI=1S/C19H16BrFN4O3/c1-27-16-6-13(15-8-18(26)24-19-22-10-23-25(15)19)14(20)7-17(16)28-9-11-2-4-12(21)5-3-11/h2-7,10,15H,8-9H2,1H3,(H,22,23,24,26)/t15-/m0/s1. The van der Waals surface area contributed by atoms with Crippen LogP contribution in [0.15, 0.2) is 47.2 Å². The molecule has 3 aromatic rings. The quantitative estimate of drug-likeness (QED) is 0.646. The first-order valence-electron chi connectivity index (χ1n) is 8.49. The Bertz CT molecular complexity index is 1020. The lowest BCUT2D eigenvalue weighted by Crippen LogP contribution is -2.29. The molecule has 1 aromatic heterocycles. The number of ether oxygens (including phenoxy) is 2. The Morgan fingerprint density at radius 2 is 2.07 bits per heavy atom. The summed E-state index contributed by atoms with van der Waals surface area (Å²) in [4.78, 5) is 16.1. The van der Waals surface area contributed by atoms with Crippen molar-refractivity contribution >= 4 is 27.8 Å².